The molecule has 4 N–H and O–H groups in total. The van der Waals surface area contributed by atoms with Crippen molar-refractivity contribution in [2.75, 3.05) is 11.5 Å². The van der Waals surface area contributed by atoms with Crippen LogP contribution in [0.4, 0.5) is 11.4 Å². The van der Waals surface area contributed by atoms with Gasteiger partial charge in [0.1, 0.15) is 0 Å². The first-order chi connectivity index (χ1) is 8.67. The summed E-state index contributed by atoms with van der Waals surface area (Å²) in [6.45, 7) is 4.23. The van der Waals surface area contributed by atoms with Crippen molar-refractivity contribution < 1.29 is 0 Å². The lowest BCUT2D eigenvalue weighted by Gasteiger charge is -2.13. The van der Waals surface area contributed by atoms with E-state index in [0.29, 0.717) is 0 Å². The smallest absolute Gasteiger partial charge is 0.0446 e. The first-order valence-corrected chi connectivity index (χ1v) is 6.43. The van der Waals surface area contributed by atoms with E-state index in [1.165, 1.54) is 11.1 Å². The third kappa shape index (κ3) is 2.90. The molecule has 0 bridgehead atoms. The summed E-state index contributed by atoms with van der Waals surface area (Å²) < 4.78 is 0. The van der Waals surface area contributed by atoms with E-state index in [4.69, 9.17) is 11.5 Å². The van der Waals surface area contributed by atoms with Gasteiger partial charge in [0.2, 0.25) is 0 Å². The molecule has 0 fully saturated rings. The summed E-state index contributed by atoms with van der Waals surface area (Å²) >= 11 is 0. The Balaban J connectivity index is 0.00000180. The average Bonchev–Trinajstić information content (AvgIpc) is 2.39. The lowest BCUT2D eigenvalue weighted by atomic mass is 9.96. The van der Waals surface area contributed by atoms with Crippen LogP contribution in [0.5, 0.6) is 0 Å². The standard InChI is InChI=1S/C16H20N2.CH4/c1-3-11-6-5-7-12(10-11)14-8-9-15(17)13(4-2)16(14)18;/h5-10H,3-4,17-18H2,1-2H3;1H4. The van der Waals surface area contributed by atoms with Gasteiger partial charge < -0.3 is 11.5 Å². The molecule has 102 valence electrons. The molecule has 0 aliphatic heterocycles. The van der Waals surface area contributed by atoms with E-state index in [2.05, 4.69) is 38.1 Å². The Kier molecular flexibility index (Phi) is 4.99. The van der Waals surface area contributed by atoms with Crippen LogP contribution in [0.1, 0.15) is 32.4 Å². The van der Waals surface area contributed by atoms with E-state index in [9.17, 15) is 0 Å². The van der Waals surface area contributed by atoms with Gasteiger partial charge >= 0.3 is 0 Å². The summed E-state index contributed by atoms with van der Waals surface area (Å²) in [6.07, 6.45) is 1.89. The van der Waals surface area contributed by atoms with Crippen molar-refractivity contribution in [2.45, 2.75) is 34.1 Å². The molecule has 19 heavy (non-hydrogen) atoms. The number of nitrogens with two attached hydrogens (primary N) is 2. The van der Waals surface area contributed by atoms with Gasteiger partial charge in [-0.15, -0.1) is 0 Å². The van der Waals surface area contributed by atoms with E-state index in [-0.39, 0.29) is 7.43 Å². The third-order valence-corrected chi connectivity index (χ3v) is 3.39. The van der Waals surface area contributed by atoms with Gasteiger partial charge in [-0.1, -0.05) is 51.6 Å². The lowest BCUT2D eigenvalue weighted by molar-refractivity contribution is 1.14. The van der Waals surface area contributed by atoms with Gasteiger partial charge in [-0.3, -0.25) is 0 Å². The SMILES string of the molecule is C.CCc1cccc(-c2ccc(N)c(CC)c2N)c1. The first kappa shape index (κ1) is 15.1. The molecule has 0 saturated carbocycles. The van der Waals surface area contributed by atoms with Gasteiger partial charge in [0.15, 0.2) is 0 Å². The summed E-state index contributed by atoms with van der Waals surface area (Å²) in [5.41, 5.74) is 18.4. The Morgan fingerprint density at radius 2 is 1.68 bits per heavy atom. The predicted molar refractivity (Wildman–Crippen MR) is 86.2 cm³/mol. The van der Waals surface area contributed by atoms with Gasteiger partial charge in [-0.2, -0.15) is 0 Å². The second-order valence-corrected chi connectivity index (χ2v) is 4.50. The fraction of sp³-hybridized carbons (Fsp3) is 0.294. The quantitative estimate of drug-likeness (QED) is 0.805. The number of anilines is 2. The van der Waals surface area contributed by atoms with Crippen molar-refractivity contribution in [3.05, 3.63) is 47.5 Å². The molecule has 0 aliphatic carbocycles. The second-order valence-electron chi connectivity index (χ2n) is 4.50. The van der Waals surface area contributed by atoms with Crippen LogP contribution >= 0.6 is 0 Å². The maximum atomic E-state index is 6.24. The molecule has 0 radical (unpaired) electrons. The Hall–Kier alpha value is -1.96. The van der Waals surface area contributed by atoms with Crippen LogP contribution in [0.15, 0.2) is 36.4 Å². The molecule has 0 unspecified atom stereocenters. The highest BCUT2D eigenvalue weighted by molar-refractivity contribution is 5.82. The molecule has 0 aliphatic rings. The highest BCUT2D eigenvalue weighted by atomic mass is 14.6. The van der Waals surface area contributed by atoms with Crippen LogP contribution in [-0.4, -0.2) is 0 Å². The number of nitrogen functional groups attached to an aromatic ring is 2. The Bertz CT molecular complexity index is 559. The van der Waals surface area contributed by atoms with Gasteiger partial charge in [-0.25, -0.2) is 0 Å². The van der Waals surface area contributed by atoms with E-state index in [1.807, 2.05) is 12.1 Å². The molecule has 0 heterocycles. The molecular weight excluding hydrogens is 232 g/mol. The summed E-state index contributed by atoms with van der Waals surface area (Å²) in [5, 5.41) is 0. The van der Waals surface area contributed by atoms with Crippen molar-refractivity contribution in [1.29, 1.82) is 0 Å². The number of hydrogen-bond acceptors (Lipinski definition) is 2. The van der Waals surface area contributed by atoms with Crippen molar-refractivity contribution in [1.82, 2.24) is 0 Å². The number of rotatable bonds is 3. The minimum absolute atomic E-state index is 0. The van der Waals surface area contributed by atoms with Crippen molar-refractivity contribution in [3.8, 4) is 11.1 Å². The summed E-state index contributed by atoms with van der Waals surface area (Å²) in [7, 11) is 0. The average molecular weight is 256 g/mol. The van der Waals surface area contributed by atoms with E-state index < -0.39 is 0 Å². The molecule has 2 heteroatoms. The summed E-state index contributed by atoms with van der Waals surface area (Å²) in [4.78, 5) is 0. The molecule has 2 aromatic rings. The Labute approximate surface area is 116 Å². The highest BCUT2D eigenvalue weighted by Crippen LogP contribution is 2.32. The second kappa shape index (κ2) is 6.28. The summed E-state index contributed by atoms with van der Waals surface area (Å²) in [5.74, 6) is 0. The number of benzene rings is 2. The van der Waals surface area contributed by atoms with Gasteiger partial charge in [-0.05, 0) is 35.6 Å². The highest BCUT2D eigenvalue weighted by Gasteiger charge is 2.09. The van der Waals surface area contributed by atoms with Crippen LogP contribution in [0.25, 0.3) is 11.1 Å². The van der Waals surface area contributed by atoms with Crippen molar-refractivity contribution in [3.63, 3.8) is 0 Å². The van der Waals surface area contributed by atoms with Crippen LogP contribution < -0.4 is 11.5 Å². The molecular formula is C17H24N2. The fourth-order valence-electron chi connectivity index (χ4n) is 2.29. The molecule has 0 spiro atoms. The predicted octanol–water partition coefficient (Wildman–Crippen LogP) is 4.28. The maximum Gasteiger partial charge on any atom is 0.0446 e. The largest absolute Gasteiger partial charge is 0.398 e. The molecule has 2 aromatic carbocycles. The van der Waals surface area contributed by atoms with Crippen LogP contribution in [0.2, 0.25) is 0 Å². The third-order valence-electron chi connectivity index (χ3n) is 3.39. The zero-order valence-corrected chi connectivity index (χ0v) is 11.0. The molecule has 2 rings (SSSR count). The van der Waals surface area contributed by atoms with Crippen LogP contribution in [0, 0.1) is 0 Å². The van der Waals surface area contributed by atoms with Crippen molar-refractivity contribution in [2.24, 2.45) is 0 Å². The fourth-order valence-corrected chi connectivity index (χ4v) is 2.29. The van der Waals surface area contributed by atoms with E-state index >= 15 is 0 Å². The zero-order valence-electron chi connectivity index (χ0n) is 11.0. The Morgan fingerprint density at radius 3 is 2.32 bits per heavy atom. The van der Waals surface area contributed by atoms with E-state index in [0.717, 1.165) is 35.3 Å². The molecule has 0 aromatic heterocycles. The molecule has 0 saturated heterocycles. The molecule has 0 atom stereocenters. The van der Waals surface area contributed by atoms with Gasteiger partial charge in [0, 0.05) is 16.9 Å². The molecule has 0 amide bonds. The van der Waals surface area contributed by atoms with Gasteiger partial charge in [0.05, 0.1) is 0 Å². The van der Waals surface area contributed by atoms with Gasteiger partial charge in [0.25, 0.3) is 0 Å². The topological polar surface area (TPSA) is 52.0 Å². The van der Waals surface area contributed by atoms with E-state index in [1.54, 1.807) is 0 Å². The first-order valence-electron chi connectivity index (χ1n) is 6.43. The molecule has 2 nitrogen and oxygen atoms in total. The monoisotopic (exact) mass is 256 g/mol. The normalized spacial score (nSPS) is 10.0. The number of aryl methyl sites for hydroxylation is 1. The lowest BCUT2D eigenvalue weighted by Crippen LogP contribution is -2.01. The minimum Gasteiger partial charge on any atom is -0.398 e. The van der Waals surface area contributed by atoms with Crippen LogP contribution in [-0.2, 0) is 12.8 Å². The van der Waals surface area contributed by atoms with Crippen molar-refractivity contribution >= 4 is 11.4 Å². The zero-order chi connectivity index (χ0) is 13.1. The maximum absolute atomic E-state index is 6.24. The summed E-state index contributed by atoms with van der Waals surface area (Å²) in [6, 6.07) is 12.5. The minimum atomic E-state index is 0. The Morgan fingerprint density at radius 1 is 0.947 bits per heavy atom. The van der Waals surface area contributed by atoms with Crippen LogP contribution in [0.3, 0.4) is 0 Å². The number of hydrogen-bond donors (Lipinski definition) is 2.